The normalized spacial score (nSPS) is 10.7. The number of hydrogen-bond donors (Lipinski definition) is 2. The molecule has 0 aliphatic rings. The van der Waals surface area contributed by atoms with E-state index in [1.54, 1.807) is 7.05 Å². The summed E-state index contributed by atoms with van der Waals surface area (Å²) < 4.78 is 1.42. The second kappa shape index (κ2) is 3.06. The highest BCUT2D eigenvalue weighted by Gasteiger charge is 2.18. The van der Waals surface area contributed by atoms with E-state index < -0.39 is 11.9 Å². The average molecular weight is 226 g/mol. The minimum absolute atomic E-state index is 0.0347. The predicted molar refractivity (Wildman–Crippen MR) is 52.5 cm³/mol. The first kappa shape index (κ1) is 9.66. The third-order valence-electron chi connectivity index (χ3n) is 1.98. The number of thiazole rings is 1. The van der Waals surface area contributed by atoms with Crippen LogP contribution in [0, 0.1) is 0 Å². The molecule has 2 aromatic rings. The molecule has 15 heavy (non-hydrogen) atoms. The first-order chi connectivity index (χ1) is 7.00. The number of carboxylic acid groups (broad SMARTS) is 2. The zero-order valence-electron chi connectivity index (χ0n) is 7.59. The molecular weight excluding hydrogens is 220 g/mol. The number of rotatable bonds is 2. The first-order valence-corrected chi connectivity index (χ1v) is 4.75. The molecular formula is C8H6N2O4S. The van der Waals surface area contributed by atoms with E-state index in [0.29, 0.717) is 10.3 Å². The number of nitrogens with zero attached hydrogens (tertiary/aromatic N) is 2. The Bertz CT molecular complexity index is 568. The number of fused-ring (bicyclic) bond motifs is 1. The monoisotopic (exact) mass is 226 g/mol. The standard InChI is InChI=1S/C8H6N2O4S/c1-10-4(7(11)12)2-3-6(10)15-5(9-3)8(13)14/h2H,1H3,(H,11,12)(H,13,14). The number of aromatic carboxylic acids is 2. The fraction of sp³-hybridized carbons (Fsp3) is 0.125. The van der Waals surface area contributed by atoms with Crippen LogP contribution >= 0.6 is 11.3 Å². The smallest absolute Gasteiger partial charge is 0.365 e. The van der Waals surface area contributed by atoms with Crippen molar-refractivity contribution in [1.82, 2.24) is 9.55 Å². The van der Waals surface area contributed by atoms with Crippen LogP contribution in [0.2, 0.25) is 0 Å². The molecule has 78 valence electrons. The number of carbonyl (C=O) groups is 2. The van der Waals surface area contributed by atoms with Gasteiger partial charge in [-0.25, -0.2) is 14.6 Å². The fourth-order valence-electron chi connectivity index (χ4n) is 1.29. The molecule has 0 atom stereocenters. The molecule has 0 radical (unpaired) electrons. The van der Waals surface area contributed by atoms with Crippen molar-refractivity contribution >= 4 is 33.6 Å². The Morgan fingerprint density at radius 1 is 1.40 bits per heavy atom. The zero-order chi connectivity index (χ0) is 11.2. The molecule has 2 N–H and O–H groups in total. The topological polar surface area (TPSA) is 92.4 Å². The molecule has 0 aromatic carbocycles. The van der Waals surface area contributed by atoms with E-state index in [2.05, 4.69) is 4.98 Å². The fourth-order valence-corrected chi connectivity index (χ4v) is 2.15. The van der Waals surface area contributed by atoms with Crippen LogP contribution in [0.25, 0.3) is 10.3 Å². The molecule has 0 aliphatic heterocycles. The third kappa shape index (κ3) is 1.37. The van der Waals surface area contributed by atoms with E-state index >= 15 is 0 Å². The highest BCUT2D eigenvalue weighted by Crippen LogP contribution is 2.25. The van der Waals surface area contributed by atoms with Gasteiger partial charge < -0.3 is 14.8 Å². The minimum Gasteiger partial charge on any atom is -0.477 e. The van der Waals surface area contributed by atoms with Crippen LogP contribution in [-0.2, 0) is 7.05 Å². The van der Waals surface area contributed by atoms with Crippen molar-refractivity contribution < 1.29 is 19.8 Å². The molecule has 0 aliphatic carbocycles. The van der Waals surface area contributed by atoms with E-state index in [9.17, 15) is 9.59 Å². The maximum Gasteiger partial charge on any atom is 0.365 e. The lowest BCUT2D eigenvalue weighted by Gasteiger charge is -1.95. The molecule has 0 spiro atoms. The van der Waals surface area contributed by atoms with E-state index in [1.165, 1.54) is 10.6 Å². The van der Waals surface area contributed by atoms with E-state index in [1.807, 2.05) is 0 Å². The predicted octanol–water partition coefficient (Wildman–Crippen LogP) is 1.03. The minimum atomic E-state index is -1.10. The van der Waals surface area contributed by atoms with Crippen molar-refractivity contribution in [2.24, 2.45) is 7.05 Å². The molecule has 0 fully saturated rings. The van der Waals surface area contributed by atoms with Crippen molar-refractivity contribution in [2.45, 2.75) is 0 Å². The molecule has 0 bridgehead atoms. The van der Waals surface area contributed by atoms with Gasteiger partial charge in [0.1, 0.15) is 16.0 Å². The van der Waals surface area contributed by atoms with Crippen LogP contribution in [-0.4, -0.2) is 31.7 Å². The second-order valence-corrected chi connectivity index (χ2v) is 3.89. The van der Waals surface area contributed by atoms with Crippen LogP contribution in [0.5, 0.6) is 0 Å². The first-order valence-electron chi connectivity index (χ1n) is 3.93. The maximum absolute atomic E-state index is 10.7. The molecule has 7 heteroatoms. The Kier molecular flexibility index (Phi) is 1.97. The van der Waals surface area contributed by atoms with E-state index in [0.717, 1.165) is 11.3 Å². The molecule has 6 nitrogen and oxygen atoms in total. The third-order valence-corrected chi connectivity index (χ3v) is 3.11. The summed E-state index contributed by atoms with van der Waals surface area (Å²) >= 11 is 0.959. The zero-order valence-corrected chi connectivity index (χ0v) is 8.41. The van der Waals surface area contributed by atoms with Gasteiger partial charge >= 0.3 is 11.9 Å². The summed E-state index contributed by atoms with van der Waals surface area (Å²) in [5.74, 6) is -2.16. The number of carboxylic acids is 2. The Hall–Kier alpha value is -1.89. The van der Waals surface area contributed by atoms with Gasteiger partial charge in [0.05, 0.1) is 0 Å². The van der Waals surface area contributed by atoms with Gasteiger partial charge in [0.2, 0.25) is 5.01 Å². The molecule has 0 saturated heterocycles. The summed E-state index contributed by atoms with van der Waals surface area (Å²) in [6.45, 7) is 0. The van der Waals surface area contributed by atoms with Crippen LogP contribution < -0.4 is 0 Å². The van der Waals surface area contributed by atoms with Gasteiger partial charge in [0.25, 0.3) is 0 Å². The maximum atomic E-state index is 10.7. The molecule has 0 saturated carbocycles. The highest BCUT2D eigenvalue weighted by molar-refractivity contribution is 7.19. The van der Waals surface area contributed by atoms with Gasteiger partial charge in [-0.3, -0.25) is 0 Å². The van der Waals surface area contributed by atoms with E-state index in [4.69, 9.17) is 10.2 Å². The Morgan fingerprint density at radius 3 is 2.53 bits per heavy atom. The molecule has 2 rings (SSSR count). The SMILES string of the molecule is Cn1c(C(=O)O)cc2nc(C(=O)O)sc21. The summed E-state index contributed by atoms with van der Waals surface area (Å²) in [4.78, 5) is 25.7. The van der Waals surface area contributed by atoms with Crippen LogP contribution in [0.3, 0.4) is 0 Å². The summed E-state index contributed by atoms with van der Waals surface area (Å²) in [6.07, 6.45) is 0. The lowest BCUT2D eigenvalue weighted by molar-refractivity contribution is 0.0681. The van der Waals surface area contributed by atoms with Crippen molar-refractivity contribution in [3.05, 3.63) is 16.8 Å². The summed E-state index contributed by atoms with van der Waals surface area (Å²) in [7, 11) is 1.57. The van der Waals surface area contributed by atoms with E-state index in [-0.39, 0.29) is 10.7 Å². The second-order valence-electron chi connectivity index (χ2n) is 2.91. The molecule has 2 heterocycles. The van der Waals surface area contributed by atoms with Crippen LogP contribution in [0.1, 0.15) is 20.3 Å². The molecule has 0 amide bonds. The number of aryl methyl sites for hydroxylation is 1. The molecule has 0 unspecified atom stereocenters. The Balaban J connectivity index is 2.67. The van der Waals surface area contributed by atoms with Crippen molar-refractivity contribution in [1.29, 1.82) is 0 Å². The van der Waals surface area contributed by atoms with Crippen molar-refractivity contribution in [3.8, 4) is 0 Å². The van der Waals surface area contributed by atoms with Gasteiger partial charge in [-0.05, 0) is 6.07 Å². The van der Waals surface area contributed by atoms with Crippen LogP contribution in [0.4, 0.5) is 0 Å². The van der Waals surface area contributed by atoms with Crippen molar-refractivity contribution in [2.75, 3.05) is 0 Å². The van der Waals surface area contributed by atoms with Crippen molar-refractivity contribution in [3.63, 3.8) is 0 Å². The van der Waals surface area contributed by atoms with Gasteiger partial charge in [0, 0.05) is 7.05 Å². The quantitative estimate of drug-likeness (QED) is 0.797. The summed E-state index contributed by atoms with van der Waals surface area (Å²) in [5.41, 5.74) is 0.498. The number of aromatic nitrogens is 2. The van der Waals surface area contributed by atoms with Crippen LogP contribution in [0.15, 0.2) is 6.07 Å². The Morgan fingerprint density at radius 2 is 2.07 bits per heavy atom. The van der Waals surface area contributed by atoms with Gasteiger partial charge in [0.15, 0.2) is 0 Å². The molecule has 2 aromatic heterocycles. The number of hydrogen-bond acceptors (Lipinski definition) is 4. The lowest BCUT2D eigenvalue weighted by Crippen LogP contribution is -2.03. The average Bonchev–Trinajstić information content (AvgIpc) is 2.65. The van der Waals surface area contributed by atoms with Gasteiger partial charge in [-0.2, -0.15) is 0 Å². The lowest BCUT2D eigenvalue weighted by atomic mass is 10.4. The summed E-state index contributed by atoms with van der Waals surface area (Å²) in [6, 6.07) is 1.36. The van der Waals surface area contributed by atoms with Gasteiger partial charge in [-0.1, -0.05) is 11.3 Å². The highest BCUT2D eigenvalue weighted by atomic mass is 32.1. The van der Waals surface area contributed by atoms with Gasteiger partial charge in [-0.15, -0.1) is 0 Å². The Labute approximate surface area is 87.4 Å². The summed E-state index contributed by atoms with van der Waals surface area (Å²) in [5, 5.41) is 17.5. The largest absolute Gasteiger partial charge is 0.477 e.